The molecule has 30 heavy (non-hydrogen) atoms. The second-order valence-electron chi connectivity index (χ2n) is 5.78. The minimum Gasteiger partial charge on any atom is -0.495 e. The van der Waals surface area contributed by atoms with Crippen molar-refractivity contribution in [3.05, 3.63) is 52.3 Å². The Morgan fingerprint density at radius 3 is 2.73 bits per heavy atom. The Morgan fingerprint density at radius 1 is 1.27 bits per heavy atom. The van der Waals surface area contributed by atoms with Crippen molar-refractivity contribution in [3.8, 4) is 5.75 Å². The van der Waals surface area contributed by atoms with Crippen molar-refractivity contribution in [1.82, 2.24) is 15.0 Å². The van der Waals surface area contributed by atoms with Crippen molar-refractivity contribution in [1.29, 1.82) is 0 Å². The molecule has 3 rings (SSSR count). The molecule has 0 aliphatic rings. The molecule has 0 bridgehead atoms. The number of aromatic nitrogens is 3. The van der Waals surface area contributed by atoms with Crippen molar-refractivity contribution in [3.63, 3.8) is 0 Å². The molecule has 2 aromatic heterocycles. The van der Waals surface area contributed by atoms with Crippen LogP contribution in [-0.2, 0) is 16.1 Å². The third-order valence-corrected chi connectivity index (χ3v) is 5.53. The summed E-state index contributed by atoms with van der Waals surface area (Å²) in [6.45, 7) is 1.34. The Kier molecular flexibility index (Phi) is 7.24. The van der Waals surface area contributed by atoms with E-state index in [1.165, 1.54) is 48.2 Å². The van der Waals surface area contributed by atoms with Gasteiger partial charge in [-0.3, -0.25) is 9.69 Å². The summed E-state index contributed by atoms with van der Waals surface area (Å²) in [5.41, 5.74) is 1.05. The van der Waals surface area contributed by atoms with Crippen LogP contribution in [0.1, 0.15) is 23.1 Å². The fourth-order valence-corrected chi connectivity index (χ4v) is 3.86. The summed E-state index contributed by atoms with van der Waals surface area (Å²) in [7, 11) is 1.53. The number of hydrogen-bond acceptors (Lipinski definition) is 9. The van der Waals surface area contributed by atoms with E-state index < -0.39 is 5.97 Å². The van der Waals surface area contributed by atoms with Gasteiger partial charge in [-0.25, -0.2) is 19.7 Å². The number of halogens is 1. The lowest BCUT2D eigenvalue weighted by Gasteiger charge is -2.20. The number of ether oxygens (including phenoxy) is 2. The lowest BCUT2D eigenvalue weighted by molar-refractivity contribution is -0.115. The number of methoxy groups -OCH3 is 1. The van der Waals surface area contributed by atoms with Crippen LogP contribution in [0, 0.1) is 0 Å². The van der Waals surface area contributed by atoms with Gasteiger partial charge in [0.2, 0.25) is 5.91 Å². The Hall–Kier alpha value is -2.69. The number of carbonyl (C=O) groups is 2. The molecule has 0 radical (unpaired) electrons. The molecule has 8 nitrogen and oxygen atoms in total. The molecule has 11 heteroatoms. The summed E-state index contributed by atoms with van der Waals surface area (Å²) in [6, 6.07) is 7.14. The van der Waals surface area contributed by atoms with Crippen LogP contribution in [0.2, 0.25) is 5.02 Å². The van der Waals surface area contributed by atoms with Crippen molar-refractivity contribution < 1.29 is 19.1 Å². The van der Waals surface area contributed by atoms with E-state index in [0.717, 1.165) is 0 Å². The number of carbonyl (C=O) groups excluding carboxylic acids is 2. The van der Waals surface area contributed by atoms with Crippen LogP contribution in [0.3, 0.4) is 0 Å². The first-order valence-corrected chi connectivity index (χ1v) is 11.0. The monoisotopic (exact) mass is 464 g/mol. The second-order valence-corrected chi connectivity index (χ2v) is 7.79. The fourth-order valence-electron chi connectivity index (χ4n) is 2.49. The quantitative estimate of drug-likeness (QED) is 0.289. The summed E-state index contributed by atoms with van der Waals surface area (Å²) in [5.74, 6) is -0.367. The molecular weight excluding hydrogens is 448 g/mol. The van der Waals surface area contributed by atoms with Crippen molar-refractivity contribution in [2.75, 3.05) is 18.3 Å². The molecule has 0 spiro atoms. The Balaban J connectivity index is 1.77. The highest BCUT2D eigenvalue weighted by molar-refractivity contribution is 7.98. The fraction of sp³-hybridized carbons (Fsp3) is 0.211. The number of esters is 1. The van der Waals surface area contributed by atoms with Crippen molar-refractivity contribution in [2.24, 2.45) is 0 Å². The van der Waals surface area contributed by atoms with Gasteiger partial charge in [-0.1, -0.05) is 35.5 Å². The topological polar surface area (TPSA) is 94.5 Å². The van der Waals surface area contributed by atoms with Gasteiger partial charge in [-0.05, 0) is 18.4 Å². The average Bonchev–Trinajstić information content (AvgIpc) is 3.21. The van der Waals surface area contributed by atoms with Gasteiger partial charge in [0.05, 0.1) is 29.7 Å². The van der Waals surface area contributed by atoms with Crippen LogP contribution in [0.25, 0.3) is 0 Å². The minimum absolute atomic E-state index is 0.00847. The smallest absolute Gasteiger partial charge is 0.359 e. The van der Waals surface area contributed by atoms with Crippen LogP contribution >= 0.6 is 34.7 Å². The molecule has 3 aromatic rings. The number of thiazole rings is 1. The number of amides is 1. The van der Waals surface area contributed by atoms with E-state index in [1.54, 1.807) is 29.8 Å². The van der Waals surface area contributed by atoms with Crippen LogP contribution in [0.5, 0.6) is 5.75 Å². The molecule has 1 amide bonds. The standard InChI is InChI=1S/C19H17ClN4O4S2/c1-11(25)24(14-6-4-5-7-15(14)27-2)19-22-12(10-30-19)9-28-17(26)16-13(20)8-21-18(23-16)29-3/h4-8,10H,9H2,1-3H3. The zero-order chi connectivity index (χ0) is 21.7. The maximum atomic E-state index is 12.3. The number of nitrogens with zero attached hydrogens (tertiary/aromatic N) is 4. The highest BCUT2D eigenvalue weighted by Gasteiger charge is 2.22. The predicted molar refractivity (Wildman–Crippen MR) is 116 cm³/mol. The summed E-state index contributed by atoms with van der Waals surface area (Å²) in [4.78, 5) is 38.6. The van der Waals surface area contributed by atoms with Crippen LogP contribution in [0.4, 0.5) is 10.8 Å². The van der Waals surface area contributed by atoms with Crippen molar-refractivity contribution in [2.45, 2.75) is 18.7 Å². The molecule has 156 valence electrons. The van der Waals surface area contributed by atoms with Crippen molar-refractivity contribution >= 4 is 57.4 Å². The Morgan fingerprint density at radius 2 is 2.03 bits per heavy atom. The van der Waals surface area contributed by atoms with Gasteiger partial charge >= 0.3 is 5.97 Å². The minimum atomic E-state index is -0.680. The van der Waals surface area contributed by atoms with E-state index in [2.05, 4.69) is 15.0 Å². The average molecular weight is 465 g/mol. The SMILES string of the molecule is COc1ccccc1N(C(C)=O)c1nc(COC(=O)c2nc(SC)ncc2Cl)cs1. The van der Waals surface area contributed by atoms with Crippen LogP contribution in [-0.4, -0.2) is 40.2 Å². The number of thioether (sulfide) groups is 1. The molecular formula is C19H17ClN4O4S2. The number of benzene rings is 1. The van der Waals surface area contributed by atoms with Gasteiger partial charge < -0.3 is 9.47 Å². The summed E-state index contributed by atoms with van der Waals surface area (Å²) in [5, 5.41) is 2.66. The van der Waals surface area contributed by atoms with Gasteiger partial charge in [-0.15, -0.1) is 11.3 Å². The molecule has 0 atom stereocenters. The molecule has 1 aromatic carbocycles. The summed E-state index contributed by atoms with van der Waals surface area (Å²) < 4.78 is 10.6. The molecule has 2 heterocycles. The molecule has 0 N–H and O–H groups in total. The van der Waals surface area contributed by atoms with Gasteiger partial charge in [0.1, 0.15) is 12.4 Å². The van der Waals surface area contributed by atoms with E-state index in [1.807, 2.05) is 6.07 Å². The highest BCUT2D eigenvalue weighted by Crippen LogP contribution is 2.35. The van der Waals surface area contributed by atoms with Gasteiger partial charge in [0.25, 0.3) is 0 Å². The number of anilines is 2. The zero-order valence-electron chi connectivity index (χ0n) is 16.3. The largest absolute Gasteiger partial charge is 0.495 e. The maximum Gasteiger partial charge on any atom is 0.359 e. The number of rotatable bonds is 7. The maximum absolute atomic E-state index is 12.3. The number of para-hydroxylation sites is 2. The Bertz CT molecular complexity index is 1080. The normalized spacial score (nSPS) is 10.5. The lowest BCUT2D eigenvalue weighted by atomic mass is 10.2. The summed E-state index contributed by atoms with van der Waals surface area (Å²) >= 11 is 8.54. The third kappa shape index (κ3) is 4.89. The van der Waals surface area contributed by atoms with Gasteiger partial charge in [-0.2, -0.15) is 0 Å². The molecule has 0 aliphatic carbocycles. The third-order valence-electron chi connectivity index (χ3n) is 3.82. The first kappa shape index (κ1) is 22.0. The van der Waals surface area contributed by atoms with E-state index in [0.29, 0.717) is 27.4 Å². The lowest BCUT2D eigenvalue weighted by Crippen LogP contribution is -2.23. The molecule has 0 fully saturated rings. The van der Waals surface area contributed by atoms with E-state index in [-0.39, 0.29) is 23.2 Å². The first-order valence-electron chi connectivity index (χ1n) is 8.56. The molecule has 0 saturated carbocycles. The molecule has 0 unspecified atom stereocenters. The predicted octanol–water partition coefficient (Wildman–Crippen LogP) is 4.36. The van der Waals surface area contributed by atoms with Crippen LogP contribution in [0.15, 0.2) is 41.0 Å². The summed E-state index contributed by atoms with van der Waals surface area (Å²) in [6.07, 6.45) is 3.15. The van der Waals surface area contributed by atoms with Crippen LogP contribution < -0.4 is 9.64 Å². The Labute approximate surface area is 186 Å². The van der Waals surface area contributed by atoms with Gasteiger partial charge in [0, 0.05) is 12.3 Å². The van der Waals surface area contributed by atoms with E-state index in [9.17, 15) is 9.59 Å². The van der Waals surface area contributed by atoms with E-state index in [4.69, 9.17) is 21.1 Å². The zero-order valence-corrected chi connectivity index (χ0v) is 18.7. The highest BCUT2D eigenvalue weighted by atomic mass is 35.5. The van der Waals surface area contributed by atoms with E-state index >= 15 is 0 Å². The molecule has 0 saturated heterocycles. The van der Waals surface area contributed by atoms with Gasteiger partial charge in [0.15, 0.2) is 16.0 Å². The molecule has 0 aliphatic heterocycles. The number of hydrogen-bond donors (Lipinski definition) is 0. The second kappa shape index (κ2) is 9.88. The first-order chi connectivity index (χ1) is 14.4.